The molecule has 1 aliphatic heterocycles. The van der Waals surface area contributed by atoms with Gasteiger partial charge in [0.2, 0.25) is 0 Å². The normalized spacial score (nSPS) is 27.0. The summed E-state index contributed by atoms with van der Waals surface area (Å²) in [5.41, 5.74) is 1.13. The first kappa shape index (κ1) is 15.5. The van der Waals surface area contributed by atoms with E-state index >= 15 is 0 Å². The lowest BCUT2D eigenvalue weighted by atomic mass is 9.81. The zero-order valence-corrected chi connectivity index (χ0v) is 12.8. The third-order valence-corrected chi connectivity index (χ3v) is 4.43. The van der Waals surface area contributed by atoms with Crippen molar-refractivity contribution in [2.75, 3.05) is 20.3 Å². The van der Waals surface area contributed by atoms with Crippen molar-refractivity contribution in [1.82, 2.24) is 0 Å². The molecule has 120 valence electrons. The van der Waals surface area contributed by atoms with Gasteiger partial charge in [-0.3, -0.25) is 4.79 Å². The smallest absolute Gasteiger partial charge is 0.314 e. The van der Waals surface area contributed by atoms with Crippen molar-refractivity contribution in [3.8, 4) is 0 Å². The van der Waals surface area contributed by atoms with Crippen LogP contribution in [-0.2, 0) is 30.3 Å². The van der Waals surface area contributed by atoms with E-state index in [1.807, 2.05) is 30.3 Å². The lowest BCUT2D eigenvalue weighted by molar-refractivity contribution is -0.233. The Hall–Kier alpha value is -1.43. The van der Waals surface area contributed by atoms with E-state index in [0.29, 0.717) is 32.7 Å². The Balaban J connectivity index is 1.63. The summed E-state index contributed by atoms with van der Waals surface area (Å²) in [6, 6.07) is 10.0. The third kappa shape index (κ3) is 3.16. The van der Waals surface area contributed by atoms with Crippen LogP contribution in [0, 0.1) is 5.92 Å². The number of hydrogen-bond acceptors (Lipinski definition) is 5. The predicted octanol–water partition coefficient (Wildman–Crippen LogP) is 2.29. The lowest BCUT2D eigenvalue weighted by Crippen LogP contribution is -2.49. The third-order valence-electron chi connectivity index (χ3n) is 4.43. The molecule has 0 bridgehead atoms. The molecule has 1 heterocycles. The number of benzene rings is 1. The summed E-state index contributed by atoms with van der Waals surface area (Å²) in [6.45, 7) is 1.61. The maximum absolute atomic E-state index is 12.1. The molecule has 1 saturated heterocycles. The maximum atomic E-state index is 12.1. The number of hydrogen-bond donors (Lipinski definition) is 0. The van der Waals surface area contributed by atoms with Crippen molar-refractivity contribution in [1.29, 1.82) is 0 Å². The minimum absolute atomic E-state index is 0.0164. The van der Waals surface area contributed by atoms with Crippen molar-refractivity contribution >= 4 is 5.97 Å². The summed E-state index contributed by atoms with van der Waals surface area (Å²) in [4.78, 5) is 12.1. The van der Waals surface area contributed by atoms with Crippen LogP contribution < -0.4 is 0 Å². The first-order valence-corrected chi connectivity index (χ1v) is 7.75. The molecule has 1 aromatic carbocycles. The second kappa shape index (κ2) is 6.77. The van der Waals surface area contributed by atoms with Gasteiger partial charge in [-0.1, -0.05) is 30.3 Å². The first-order chi connectivity index (χ1) is 10.7. The van der Waals surface area contributed by atoms with Crippen molar-refractivity contribution in [3.63, 3.8) is 0 Å². The highest BCUT2D eigenvalue weighted by molar-refractivity contribution is 5.73. The van der Waals surface area contributed by atoms with E-state index in [1.54, 1.807) is 0 Å². The van der Waals surface area contributed by atoms with Gasteiger partial charge in [0.05, 0.1) is 33.0 Å². The van der Waals surface area contributed by atoms with Gasteiger partial charge in [0, 0.05) is 6.42 Å². The van der Waals surface area contributed by atoms with E-state index in [1.165, 1.54) is 7.11 Å². The molecule has 2 fully saturated rings. The van der Waals surface area contributed by atoms with E-state index in [9.17, 15) is 4.79 Å². The van der Waals surface area contributed by atoms with Crippen molar-refractivity contribution in [2.45, 2.75) is 37.8 Å². The van der Waals surface area contributed by atoms with Gasteiger partial charge in [0.15, 0.2) is 5.79 Å². The fraction of sp³-hybridized carbons (Fsp3) is 0.588. The van der Waals surface area contributed by atoms with Crippen LogP contribution in [0.5, 0.6) is 0 Å². The lowest BCUT2D eigenvalue weighted by Gasteiger charge is -2.40. The minimum Gasteiger partial charge on any atom is -0.469 e. The van der Waals surface area contributed by atoms with Crippen LogP contribution >= 0.6 is 0 Å². The average Bonchev–Trinajstić information content (AvgIpc) is 3.03. The summed E-state index contributed by atoms with van der Waals surface area (Å²) < 4.78 is 22.4. The molecule has 0 radical (unpaired) electrons. The molecule has 2 atom stereocenters. The van der Waals surface area contributed by atoms with E-state index in [2.05, 4.69) is 0 Å². The van der Waals surface area contributed by atoms with Gasteiger partial charge >= 0.3 is 5.97 Å². The Morgan fingerprint density at radius 2 is 2.00 bits per heavy atom. The Morgan fingerprint density at radius 1 is 1.27 bits per heavy atom. The topological polar surface area (TPSA) is 54.0 Å². The van der Waals surface area contributed by atoms with Gasteiger partial charge in [-0.25, -0.2) is 0 Å². The Labute approximate surface area is 130 Å². The molecule has 5 nitrogen and oxygen atoms in total. The number of methoxy groups -OCH3 is 1. The van der Waals surface area contributed by atoms with Crippen molar-refractivity contribution in [2.24, 2.45) is 5.92 Å². The van der Waals surface area contributed by atoms with Crippen LogP contribution in [-0.4, -0.2) is 38.2 Å². The minimum atomic E-state index is -0.806. The first-order valence-electron chi connectivity index (χ1n) is 7.75. The van der Waals surface area contributed by atoms with E-state index < -0.39 is 11.7 Å². The maximum Gasteiger partial charge on any atom is 0.314 e. The van der Waals surface area contributed by atoms with Crippen LogP contribution in [0.1, 0.15) is 24.8 Å². The Bertz CT molecular complexity index is 495. The molecule has 1 aliphatic carbocycles. The van der Waals surface area contributed by atoms with Gasteiger partial charge in [-0.05, 0) is 18.4 Å². The van der Waals surface area contributed by atoms with Gasteiger partial charge < -0.3 is 18.9 Å². The number of carbonyl (C=O) groups excluding carboxylic acids is 1. The second-order valence-corrected chi connectivity index (χ2v) is 5.78. The van der Waals surface area contributed by atoms with Gasteiger partial charge in [-0.2, -0.15) is 0 Å². The number of ether oxygens (including phenoxy) is 4. The standard InChI is InChI=1S/C17H22O5/c1-19-16(18)15-11-14(7-8-17(15)21-9-10-22-17)20-12-13-5-3-2-4-6-13/h2-6,14-15H,7-12H2,1H3. The summed E-state index contributed by atoms with van der Waals surface area (Å²) >= 11 is 0. The van der Waals surface area contributed by atoms with Crippen LogP contribution in [0.25, 0.3) is 0 Å². The second-order valence-electron chi connectivity index (χ2n) is 5.78. The van der Waals surface area contributed by atoms with E-state index in [4.69, 9.17) is 18.9 Å². The number of esters is 1. The molecule has 3 rings (SSSR count). The van der Waals surface area contributed by atoms with Crippen molar-refractivity contribution in [3.05, 3.63) is 35.9 Å². The molecular weight excluding hydrogens is 284 g/mol. The van der Waals surface area contributed by atoms with Gasteiger partial charge in [0.1, 0.15) is 5.92 Å². The highest BCUT2D eigenvalue weighted by atomic mass is 16.7. The molecule has 1 aromatic rings. The molecule has 2 aliphatic rings. The van der Waals surface area contributed by atoms with Gasteiger partial charge in [0.25, 0.3) is 0 Å². The van der Waals surface area contributed by atoms with Crippen LogP contribution in [0.3, 0.4) is 0 Å². The zero-order valence-electron chi connectivity index (χ0n) is 12.8. The monoisotopic (exact) mass is 306 g/mol. The highest BCUT2D eigenvalue weighted by Crippen LogP contribution is 2.42. The van der Waals surface area contributed by atoms with Gasteiger partial charge in [-0.15, -0.1) is 0 Å². The molecule has 0 amide bonds. The van der Waals surface area contributed by atoms with E-state index in [-0.39, 0.29) is 12.1 Å². The fourth-order valence-corrected chi connectivity index (χ4v) is 3.27. The summed E-state index contributed by atoms with van der Waals surface area (Å²) in [6.07, 6.45) is 2.06. The molecule has 1 spiro atoms. The molecule has 2 unspecified atom stereocenters. The Kier molecular flexibility index (Phi) is 4.76. The molecule has 0 N–H and O–H groups in total. The fourth-order valence-electron chi connectivity index (χ4n) is 3.27. The van der Waals surface area contributed by atoms with Crippen LogP contribution in [0.4, 0.5) is 0 Å². The number of carbonyl (C=O) groups is 1. The molecule has 5 heteroatoms. The summed E-state index contributed by atoms with van der Waals surface area (Å²) in [5.74, 6) is -1.51. The SMILES string of the molecule is COC(=O)C1CC(OCc2ccccc2)CCC12OCCO2. The quantitative estimate of drug-likeness (QED) is 0.799. The molecular formula is C17H22O5. The van der Waals surface area contributed by atoms with Crippen LogP contribution in [0.2, 0.25) is 0 Å². The van der Waals surface area contributed by atoms with E-state index in [0.717, 1.165) is 12.0 Å². The zero-order chi connectivity index (χ0) is 15.4. The highest BCUT2D eigenvalue weighted by Gasteiger charge is 2.52. The average molecular weight is 306 g/mol. The Morgan fingerprint density at radius 3 is 2.68 bits per heavy atom. The molecule has 0 aromatic heterocycles. The molecule has 1 saturated carbocycles. The molecule has 22 heavy (non-hydrogen) atoms. The van der Waals surface area contributed by atoms with Crippen LogP contribution in [0.15, 0.2) is 30.3 Å². The summed E-state index contributed by atoms with van der Waals surface area (Å²) in [7, 11) is 1.40. The number of rotatable bonds is 4. The largest absolute Gasteiger partial charge is 0.469 e. The predicted molar refractivity (Wildman–Crippen MR) is 79.0 cm³/mol. The van der Waals surface area contributed by atoms with Crippen molar-refractivity contribution < 1.29 is 23.7 Å². The summed E-state index contributed by atoms with van der Waals surface area (Å²) in [5, 5.41) is 0.